The molecule has 1 unspecified atom stereocenters. The number of thiocarbonyl (C=S) groups is 1. The van der Waals surface area contributed by atoms with E-state index in [2.05, 4.69) is 46.5 Å². The van der Waals surface area contributed by atoms with Crippen molar-refractivity contribution >= 4 is 28.2 Å². The smallest absolute Gasteiger partial charge is 0.166 e. The molecule has 1 aromatic carbocycles. The van der Waals surface area contributed by atoms with Gasteiger partial charge in [-0.25, -0.2) is 0 Å². The van der Waals surface area contributed by atoms with Crippen molar-refractivity contribution in [2.45, 2.75) is 25.3 Å². The van der Waals surface area contributed by atoms with E-state index in [1.165, 1.54) is 22.2 Å². The van der Waals surface area contributed by atoms with Crippen LogP contribution in [-0.2, 0) is 12.8 Å². The molecule has 0 saturated carbocycles. The van der Waals surface area contributed by atoms with Gasteiger partial charge in [0, 0.05) is 35.6 Å². The van der Waals surface area contributed by atoms with Crippen LogP contribution in [0.3, 0.4) is 0 Å². The van der Waals surface area contributed by atoms with Gasteiger partial charge in [0.15, 0.2) is 5.11 Å². The quantitative estimate of drug-likeness (QED) is 0.600. The molecule has 1 heterocycles. The molecule has 3 rings (SSSR count). The monoisotopic (exact) mass is 285 g/mol. The van der Waals surface area contributed by atoms with Gasteiger partial charge in [0.1, 0.15) is 0 Å². The molecule has 0 bridgehead atoms. The number of hydrogen-bond acceptors (Lipinski definition) is 1. The van der Waals surface area contributed by atoms with Crippen LogP contribution in [0.5, 0.6) is 0 Å². The lowest BCUT2D eigenvalue weighted by atomic mass is 9.92. The van der Waals surface area contributed by atoms with E-state index in [0.29, 0.717) is 12.6 Å². The average Bonchev–Trinajstić information content (AvgIpc) is 2.82. The average molecular weight is 285 g/mol. The predicted molar refractivity (Wildman–Crippen MR) is 88.0 cm³/mol. The Morgan fingerprint density at radius 1 is 1.45 bits per heavy atom. The van der Waals surface area contributed by atoms with Crippen LogP contribution >= 0.6 is 12.2 Å². The van der Waals surface area contributed by atoms with E-state index in [-0.39, 0.29) is 0 Å². The van der Waals surface area contributed by atoms with Crippen molar-refractivity contribution in [2.24, 2.45) is 0 Å². The lowest BCUT2D eigenvalue weighted by molar-refractivity contribution is 0.522. The molecule has 0 amide bonds. The van der Waals surface area contributed by atoms with Gasteiger partial charge in [-0.15, -0.1) is 6.58 Å². The lowest BCUT2D eigenvalue weighted by Crippen LogP contribution is -2.44. The number of fused-ring (bicyclic) bond motifs is 3. The minimum Gasteiger partial charge on any atom is -0.360 e. The first-order valence-electron chi connectivity index (χ1n) is 7.01. The maximum absolute atomic E-state index is 5.28. The molecule has 1 aliphatic rings. The molecule has 20 heavy (non-hydrogen) atoms. The number of H-pyrrole nitrogens is 1. The van der Waals surface area contributed by atoms with Gasteiger partial charge in [-0.2, -0.15) is 0 Å². The van der Waals surface area contributed by atoms with Crippen molar-refractivity contribution < 1.29 is 0 Å². The van der Waals surface area contributed by atoms with Gasteiger partial charge in [0.2, 0.25) is 0 Å². The van der Waals surface area contributed by atoms with Crippen LogP contribution in [0.1, 0.15) is 17.7 Å². The van der Waals surface area contributed by atoms with Crippen molar-refractivity contribution in [3.05, 3.63) is 48.2 Å². The zero-order chi connectivity index (χ0) is 13.9. The Balaban J connectivity index is 1.72. The summed E-state index contributed by atoms with van der Waals surface area (Å²) in [5.41, 5.74) is 4.07. The summed E-state index contributed by atoms with van der Waals surface area (Å²) in [6.07, 6.45) is 5.02. The van der Waals surface area contributed by atoms with Gasteiger partial charge in [-0.3, -0.25) is 0 Å². The third-order valence-corrected chi connectivity index (χ3v) is 4.10. The van der Waals surface area contributed by atoms with Crippen molar-refractivity contribution in [2.75, 3.05) is 6.54 Å². The molecule has 0 saturated heterocycles. The highest BCUT2D eigenvalue weighted by Crippen LogP contribution is 2.28. The highest BCUT2D eigenvalue weighted by atomic mass is 32.1. The summed E-state index contributed by atoms with van der Waals surface area (Å²) >= 11 is 5.28. The molecule has 1 aliphatic carbocycles. The first-order chi connectivity index (χ1) is 9.78. The van der Waals surface area contributed by atoms with Crippen LogP contribution in [0.15, 0.2) is 36.9 Å². The number of rotatable bonds is 3. The highest BCUT2D eigenvalue weighted by Gasteiger charge is 2.22. The molecule has 3 nitrogen and oxygen atoms in total. The van der Waals surface area contributed by atoms with E-state index in [9.17, 15) is 0 Å². The molecule has 104 valence electrons. The summed E-state index contributed by atoms with van der Waals surface area (Å²) in [6.45, 7) is 4.38. The Hall–Kier alpha value is -1.81. The molecule has 1 aromatic heterocycles. The first kappa shape index (κ1) is 13.2. The third-order valence-electron chi connectivity index (χ3n) is 3.84. The summed E-state index contributed by atoms with van der Waals surface area (Å²) in [7, 11) is 0. The minimum atomic E-state index is 0.403. The Morgan fingerprint density at radius 2 is 2.30 bits per heavy atom. The summed E-state index contributed by atoms with van der Waals surface area (Å²) in [6, 6.07) is 8.94. The number of aromatic nitrogens is 1. The van der Waals surface area contributed by atoms with E-state index in [0.717, 1.165) is 24.4 Å². The molecular formula is C16H19N3S. The van der Waals surface area contributed by atoms with Crippen LogP contribution in [-0.4, -0.2) is 22.7 Å². The maximum atomic E-state index is 5.28. The fourth-order valence-electron chi connectivity index (χ4n) is 2.91. The number of aryl methyl sites for hydroxylation is 1. The molecule has 0 radical (unpaired) electrons. The Morgan fingerprint density at radius 3 is 3.15 bits per heavy atom. The second kappa shape index (κ2) is 5.67. The number of nitrogens with one attached hydrogen (secondary N) is 3. The molecule has 1 atom stereocenters. The number of aromatic amines is 1. The van der Waals surface area contributed by atoms with Crippen molar-refractivity contribution in [3.8, 4) is 0 Å². The van der Waals surface area contributed by atoms with E-state index in [1.54, 1.807) is 0 Å². The molecule has 3 N–H and O–H groups in total. The molecular weight excluding hydrogens is 266 g/mol. The highest BCUT2D eigenvalue weighted by molar-refractivity contribution is 7.80. The molecule has 0 fully saturated rings. The van der Waals surface area contributed by atoms with Gasteiger partial charge in [0.25, 0.3) is 0 Å². The molecule has 0 spiro atoms. The van der Waals surface area contributed by atoms with Gasteiger partial charge < -0.3 is 15.6 Å². The van der Waals surface area contributed by atoms with Crippen LogP contribution in [0.25, 0.3) is 10.9 Å². The van der Waals surface area contributed by atoms with Crippen molar-refractivity contribution in [3.63, 3.8) is 0 Å². The summed E-state index contributed by atoms with van der Waals surface area (Å²) in [5, 5.41) is 8.60. The lowest BCUT2D eigenvalue weighted by Gasteiger charge is -2.24. The number of para-hydroxylation sites is 1. The fourth-order valence-corrected chi connectivity index (χ4v) is 3.16. The van der Waals surface area contributed by atoms with Crippen LogP contribution in [0.2, 0.25) is 0 Å². The summed E-state index contributed by atoms with van der Waals surface area (Å²) in [4.78, 5) is 3.54. The minimum absolute atomic E-state index is 0.403. The van der Waals surface area contributed by atoms with Crippen molar-refractivity contribution in [1.82, 2.24) is 15.6 Å². The standard InChI is InChI=1S/C16H19N3S/c1-2-9-17-16(20)18-11-7-8-13-12-5-3-4-6-14(12)19-15(13)10-11/h2-6,11,19H,1,7-10H2,(H2,17,18,20). The molecule has 0 aliphatic heterocycles. The number of benzene rings is 1. The summed E-state index contributed by atoms with van der Waals surface area (Å²) < 4.78 is 0. The predicted octanol–water partition coefficient (Wildman–Crippen LogP) is 2.68. The van der Waals surface area contributed by atoms with Gasteiger partial charge in [-0.05, 0) is 36.7 Å². The molecule has 2 aromatic rings. The van der Waals surface area contributed by atoms with E-state index in [1.807, 2.05) is 6.08 Å². The van der Waals surface area contributed by atoms with Crippen molar-refractivity contribution in [1.29, 1.82) is 0 Å². The zero-order valence-electron chi connectivity index (χ0n) is 11.4. The Bertz CT molecular complexity index is 644. The van der Waals surface area contributed by atoms with Gasteiger partial charge in [0.05, 0.1) is 0 Å². The SMILES string of the molecule is C=CCNC(=S)NC1CCc2c([nH]c3ccccc23)C1. The maximum Gasteiger partial charge on any atom is 0.166 e. The number of hydrogen-bond donors (Lipinski definition) is 3. The van der Waals surface area contributed by atoms with Gasteiger partial charge in [-0.1, -0.05) is 24.3 Å². The van der Waals surface area contributed by atoms with Crippen LogP contribution in [0, 0.1) is 0 Å². The molecule has 4 heteroatoms. The Labute approximate surface area is 124 Å². The zero-order valence-corrected chi connectivity index (χ0v) is 12.2. The normalized spacial score (nSPS) is 17.5. The van der Waals surface area contributed by atoms with Gasteiger partial charge >= 0.3 is 0 Å². The van der Waals surface area contributed by atoms with E-state index < -0.39 is 0 Å². The topological polar surface area (TPSA) is 39.8 Å². The summed E-state index contributed by atoms with van der Waals surface area (Å²) in [5.74, 6) is 0. The second-order valence-corrected chi connectivity index (χ2v) is 5.62. The van der Waals surface area contributed by atoms with Crippen LogP contribution in [0.4, 0.5) is 0 Å². The first-order valence-corrected chi connectivity index (χ1v) is 7.42. The van der Waals surface area contributed by atoms with Crippen LogP contribution < -0.4 is 10.6 Å². The second-order valence-electron chi connectivity index (χ2n) is 5.21. The third kappa shape index (κ3) is 2.56. The van der Waals surface area contributed by atoms with E-state index in [4.69, 9.17) is 12.2 Å². The van der Waals surface area contributed by atoms with E-state index >= 15 is 0 Å². The Kier molecular flexibility index (Phi) is 3.74. The largest absolute Gasteiger partial charge is 0.360 e. The fraction of sp³-hybridized carbons (Fsp3) is 0.312.